The number of amides is 1. The molecule has 0 radical (unpaired) electrons. The maximum absolute atomic E-state index is 11.2. The summed E-state index contributed by atoms with van der Waals surface area (Å²) in [7, 11) is 0. The number of imidazole rings is 1. The number of aromatic nitrogens is 4. The van der Waals surface area contributed by atoms with Gasteiger partial charge in [-0.25, -0.2) is 19.7 Å². The average molecular weight is 598 g/mol. The number of H-pyrrole nitrogens is 1. The van der Waals surface area contributed by atoms with Gasteiger partial charge in [0.05, 0.1) is 20.9 Å². The molecule has 0 bridgehead atoms. The fraction of sp³-hybridized carbons (Fsp3) is 0.385. The van der Waals surface area contributed by atoms with E-state index in [0.29, 0.717) is 31.8 Å². The Morgan fingerprint density at radius 1 is 1.03 bits per heavy atom. The van der Waals surface area contributed by atoms with E-state index in [-0.39, 0.29) is 0 Å². The quantitative estimate of drug-likeness (QED) is 0.352. The number of hydrogen-bond donors (Lipinski definition) is 2. The minimum absolute atomic E-state index is 0.517. The highest BCUT2D eigenvalue weighted by molar-refractivity contribution is 9.10. The molecule has 2 saturated heterocycles. The number of hydrogen-bond acceptors (Lipinski definition) is 8. The number of carboxylic acid groups (broad SMARTS) is 1. The number of piperazine rings is 2. The highest BCUT2D eigenvalue weighted by atomic mass is 79.9. The lowest BCUT2D eigenvalue weighted by atomic mass is 10.1. The third-order valence-corrected chi connectivity index (χ3v) is 8.65. The summed E-state index contributed by atoms with van der Waals surface area (Å²) in [5, 5.41) is 12.5. The standard InChI is InChI=1S/C26H29BrN8O2S/c1-17-29-19(16-38-17)15-32-6-8-34(9-7-32)23-21(27)14-28-25-22(23)30-24(31-25)18-2-4-20(5-3-18)33-10-12-35(13-11-33)26(36)37/h2-5,14,16H,6-13,15H2,1H3,(H,36,37)(H,28,30,31). The molecule has 0 atom stereocenters. The van der Waals surface area contributed by atoms with Crippen LogP contribution in [0.2, 0.25) is 0 Å². The zero-order chi connectivity index (χ0) is 26.2. The zero-order valence-electron chi connectivity index (χ0n) is 21.1. The van der Waals surface area contributed by atoms with E-state index in [0.717, 1.165) is 76.2 Å². The van der Waals surface area contributed by atoms with Gasteiger partial charge in [0.2, 0.25) is 0 Å². The van der Waals surface area contributed by atoms with E-state index < -0.39 is 6.09 Å². The summed E-state index contributed by atoms with van der Waals surface area (Å²) < 4.78 is 0.958. The first-order valence-electron chi connectivity index (χ1n) is 12.7. The third kappa shape index (κ3) is 5.07. The van der Waals surface area contributed by atoms with Gasteiger partial charge in [-0.05, 0) is 47.1 Å². The molecule has 2 fully saturated rings. The van der Waals surface area contributed by atoms with E-state index in [4.69, 9.17) is 4.98 Å². The monoisotopic (exact) mass is 596 g/mol. The lowest BCUT2D eigenvalue weighted by Gasteiger charge is -2.36. The number of fused-ring (bicyclic) bond motifs is 1. The zero-order valence-corrected chi connectivity index (χ0v) is 23.5. The van der Waals surface area contributed by atoms with E-state index in [1.54, 1.807) is 11.3 Å². The number of carbonyl (C=O) groups is 1. The first-order valence-corrected chi connectivity index (χ1v) is 14.4. The fourth-order valence-corrected chi connectivity index (χ4v) is 6.35. The van der Waals surface area contributed by atoms with Crippen LogP contribution in [0.15, 0.2) is 40.3 Å². The Hall–Kier alpha value is -3.22. The lowest BCUT2D eigenvalue weighted by molar-refractivity contribution is 0.142. The minimum Gasteiger partial charge on any atom is -0.465 e. The number of nitrogens with one attached hydrogen (secondary N) is 1. The molecule has 1 amide bonds. The predicted octanol–water partition coefficient (Wildman–Crippen LogP) is 4.27. The first-order chi connectivity index (χ1) is 18.4. The second kappa shape index (κ2) is 10.5. The van der Waals surface area contributed by atoms with Crippen molar-refractivity contribution in [2.24, 2.45) is 0 Å². The molecule has 10 nitrogen and oxygen atoms in total. The van der Waals surface area contributed by atoms with Gasteiger partial charge in [-0.1, -0.05) is 0 Å². The number of thiazole rings is 1. The van der Waals surface area contributed by atoms with Gasteiger partial charge in [-0.3, -0.25) is 4.90 Å². The number of anilines is 2. The van der Waals surface area contributed by atoms with Gasteiger partial charge >= 0.3 is 6.09 Å². The van der Waals surface area contributed by atoms with Gasteiger partial charge in [0.25, 0.3) is 0 Å². The maximum Gasteiger partial charge on any atom is 0.407 e. The highest BCUT2D eigenvalue weighted by Crippen LogP contribution is 2.34. The van der Waals surface area contributed by atoms with Gasteiger partial charge in [-0.2, -0.15) is 0 Å². The van der Waals surface area contributed by atoms with Crippen molar-refractivity contribution in [1.82, 2.24) is 29.7 Å². The van der Waals surface area contributed by atoms with E-state index in [2.05, 4.69) is 82.2 Å². The van der Waals surface area contributed by atoms with Crippen molar-refractivity contribution < 1.29 is 9.90 Å². The number of halogens is 1. The Labute approximate surface area is 233 Å². The maximum atomic E-state index is 11.2. The summed E-state index contributed by atoms with van der Waals surface area (Å²) in [6.45, 7) is 9.12. The van der Waals surface area contributed by atoms with Gasteiger partial charge < -0.3 is 24.8 Å². The van der Waals surface area contributed by atoms with Crippen LogP contribution in [0.4, 0.5) is 16.2 Å². The minimum atomic E-state index is -0.850. The number of nitrogens with zero attached hydrogens (tertiary/aromatic N) is 7. The summed E-state index contributed by atoms with van der Waals surface area (Å²) in [6, 6.07) is 8.27. The van der Waals surface area contributed by atoms with E-state index in [1.165, 1.54) is 4.90 Å². The summed E-state index contributed by atoms with van der Waals surface area (Å²) in [4.78, 5) is 37.3. The molecule has 0 spiro atoms. The second-order valence-electron chi connectivity index (χ2n) is 9.66. The molecule has 5 heterocycles. The molecular weight excluding hydrogens is 568 g/mol. The van der Waals surface area contributed by atoms with E-state index in [1.807, 2.05) is 6.20 Å². The Morgan fingerprint density at radius 2 is 1.74 bits per heavy atom. The van der Waals surface area contributed by atoms with Crippen LogP contribution in [-0.4, -0.2) is 93.3 Å². The molecule has 0 saturated carbocycles. The molecular formula is C26H29BrN8O2S. The number of aryl methyl sites for hydroxylation is 1. The molecule has 1 aromatic carbocycles. The third-order valence-electron chi connectivity index (χ3n) is 7.24. The average Bonchev–Trinajstić information content (AvgIpc) is 3.55. The van der Waals surface area contributed by atoms with Crippen molar-refractivity contribution in [2.75, 3.05) is 62.2 Å². The molecule has 0 unspecified atom stereocenters. The molecule has 38 heavy (non-hydrogen) atoms. The summed E-state index contributed by atoms with van der Waals surface area (Å²) in [6.07, 6.45) is 0.990. The van der Waals surface area contributed by atoms with Crippen molar-refractivity contribution in [1.29, 1.82) is 0 Å². The molecule has 12 heteroatoms. The summed E-state index contributed by atoms with van der Waals surface area (Å²) in [5.41, 5.74) is 5.97. The van der Waals surface area contributed by atoms with Crippen LogP contribution in [0.3, 0.4) is 0 Å². The Balaban J connectivity index is 1.17. The predicted molar refractivity (Wildman–Crippen MR) is 153 cm³/mol. The van der Waals surface area contributed by atoms with Crippen LogP contribution in [0.5, 0.6) is 0 Å². The van der Waals surface area contributed by atoms with Crippen molar-refractivity contribution in [3.05, 3.63) is 51.0 Å². The summed E-state index contributed by atoms with van der Waals surface area (Å²) in [5.74, 6) is 0.784. The Kier molecular flexibility index (Phi) is 6.93. The van der Waals surface area contributed by atoms with Crippen molar-refractivity contribution >= 4 is 55.9 Å². The Bertz CT molecular complexity index is 1440. The van der Waals surface area contributed by atoms with Crippen LogP contribution >= 0.6 is 27.3 Å². The second-order valence-corrected chi connectivity index (χ2v) is 11.6. The van der Waals surface area contributed by atoms with Gasteiger partial charge in [0.15, 0.2) is 5.65 Å². The van der Waals surface area contributed by atoms with E-state index in [9.17, 15) is 9.90 Å². The summed E-state index contributed by atoms with van der Waals surface area (Å²) >= 11 is 5.44. The molecule has 2 aliphatic rings. The van der Waals surface area contributed by atoms with Crippen LogP contribution in [-0.2, 0) is 6.54 Å². The molecule has 4 aromatic rings. The molecule has 2 N–H and O–H groups in total. The van der Waals surface area contributed by atoms with Crippen molar-refractivity contribution in [3.8, 4) is 11.4 Å². The molecule has 3 aromatic heterocycles. The normalized spacial score (nSPS) is 16.9. The van der Waals surface area contributed by atoms with Crippen LogP contribution in [0, 0.1) is 6.92 Å². The van der Waals surface area contributed by atoms with Crippen molar-refractivity contribution in [2.45, 2.75) is 13.5 Å². The van der Waals surface area contributed by atoms with Crippen molar-refractivity contribution in [3.63, 3.8) is 0 Å². The Morgan fingerprint density at radius 3 is 2.39 bits per heavy atom. The van der Waals surface area contributed by atoms with Crippen LogP contribution < -0.4 is 9.80 Å². The van der Waals surface area contributed by atoms with Gasteiger partial charge in [-0.15, -0.1) is 11.3 Å². The van der Waals surface area contributed by atoms with Crippen LogP contribution in [0.25, 0.3) is 22.6 Å². The van der Waals surface area contributed by atoms with Gasteiger partial charge in [0.1, 0.15) is 11.3 Å². The first kappa shape index (κ1) is 25.1. The molecule has 6 rings (SSSR count). The number of pyridine rings is 1. The largest absolute Gasteiger partial charge is 0.465 e. The SMILES string of the molecule is Cc1nc(CN2CCN(c3c(Br)cnc4nc(-c5ccc(N6CCN(C(=O)O)CC6)cc5)[nH]c34)CC2)cs1. The van der Waals surface area contributed by atoms with Crippen LogP contribution in [0.1, 0.15) is 10.7 Å². The molecule has 198 valence electrons. The lowest BCUT2D eigenvalue weighted by Crippen LogP contribution is -2.48. The smallest absolute Gasteiger partial charge is 0.407 e. The number of benzene rings is 1. The highest BCUT2D eigenvalue weighted by Gasteiger charge is 2.24. The topological polar surface area (TPSA) is 105 Å². The van der Waals surface area contributed by atoms with Gasteiger partial charge in [0, 0.05) is 81.7 Å². The fourth-order valence-electron chi connectivity index (χ4n) is 5.19. The number of rotatable bonds is 5. The molecule has 2 aliphatic heterocycles. The number of aromatic amines is 1. The van der Waals surface area contributed by atoms with E-state index >= 15 is 0 Å². The molecule has 0 aliphatic carbocycles.